The third kappa shape index (κ3) is 3.52. The summed E-state index contributed by atoms with van der Waals surface area (Å²) in [6, 6.07) is 19.9. The molecule has 1 unspecified atom stereocenters. The lowest BCUT2D eigenvalue weighted by Crippen LogP contribution is -2.50. The maximum atomic E-state index is 13.3. The second-order valence-electron chi connectivity index (χ2n) is 7.68. The van der Waals surface area contributed by atoms with Gasteiger partial charge in [0, 0.05) is 16.5 Å². The van der Waals surface area contributed by atoms with Gasteiger partial charge in [0.25, 0.3) is 5.91 Å². The van der Waals surface area contributed by atoms with Crippen molar-refractivity contribution in [3.05, 3.63) is 76.8 Å². The molecule has 0 saturated heterocycles. The monoisotopic (exact) mass is 444 g/mol. The molecular formula is C25H24N4O2S. The number of hydrogen-bond acceptors (Lipinski definition) is 6. The van der Waals surface area contributed by atoms with E-state index in [9.17, 15) is 4.79 Å². The van der Waals surface area contributed by atoms with Crippen LogP contribution < -0.4 is 20.6 Å². The van der Waals surface area contributed by atoms with Crippen LogP contribution in [0.3, 0.4) is 0 Å². The standard InChI is InChI=1S/C25H24N4O2S/c1-3-4-15-32-25-27-24(30)22-18-11-7-8-12-19(18)26-23(29(22)28-25)21-17-10-6-5-9-16(17)13-14-20(21)31-2/h5-14,23H,3-4,15H2,1-2H3,(H,27,28,30). The van der Waals surface area contributed by atoms with Crippen molar-refractivity contribution in [1.82, 2.24) is 10.3 Å². The van der Waals surface area contributed by atoms with Gasteiger partial charge in [0.2, 0.25) is 0 Å². The smallest absolute Gasteiger partial charge is 0.276 e. The van der Waals surface area contributed by atoms with Crippen LogP contribution in [0.5, 0.6) is 5.75 Å². The van der Waals surface area contributed by atoms with Gasteiger partial charge in [0.05, 0.1) is 12.5 Å². The molecule has 3 aromatic carbocycles. The van der Waals surface area contributed by atoms with Gasteiger partial charge in [0.15, 0.2) is 11.3 Å². The van der Waals surface area contributed by atoms with Crippen molar-refractivity contribution in [3.8, 4) is 5.75 Å². The first-order chi connectivity index (χ1) is 15.7. The van der Waals surface area contributed by atoms with Crippen molar-refractivity contribution >= 4 is 39.3 Å². The van der Waals surface area contributed by atoms with E-state index >= 15 is 0 Å². The van der Waals surface area contributed by atoms with Gasteiger partial charge in [0.1, 0.15) is 11.4 Å². The van der Waals surface area contributed by atoms with Crippen LogP contribution in [-0.2, 0) is 4.79 Å². The number of ether oxygens (including phenoxy) is 1. The Kier molecular flexibility index (Phi) is 5.57. The minimum atomic E-state index is -0.520. The zero-order valence-electron chi connectivity index (χ0n) is 18.0. The maximum Gasteiger partial charge on any atom is 0.276 e. The van der Waals surface area contributed by atoms with Crippen LogP contribution in [0.2, 0.25) is 0 Å². The van der Waals surface area contributed by atoms with E-state index in [-0.39, 0.29) is 5.91 Å². The number of fused-ring (bicyclic) bond motifs is 3. The number of carbonyl (C=O) groups is 1. The molecule has 0 radical (unpaired) electrons. The molecule has 3 aromatic rings. The number of benzene rings is 3. The lowest BCUT2D eigenvalue weighted by atomic mass is 9.99. The number of nitrogens with one attached hydrogen (secondary N) is 1. The number of unbranched alkanes of at least 4 members (excludes halogenated alkanes) is 1. The molecule has 32 heavy (non-hydrogen) atoms. The molecule has 0 bridgehead atoms. The predicted molar refractivity (Wildman–Crippen MR) is 129 cm³/mol. The lowest BCUT2D eigenvalue weighted by molar-refractivity contribution is -0.116. The summed E-state index contributed by atoms with van der Waals surface area (Å²) < 4.78 is 5.76. The molecule has 2 aliphatic rings. The molecule has 5 rings (SSSR count). The molecule has 6 nitrogen and oxygen atoms in total. The minimum Gasteiger partial charge on any atom is -0.496 e. The average molecular weight is 445 g/mol. The highest BCUT2D eigenvalue weighted by Gasteiger charge is 2.36. The largest absolute Gasteiger partial charge is 0.496 e. The van der Waals surface area contributed by atoms with Gasteiger partial charge in [-0.25, -0.2) is 5.01 Å². The van der Waals surface area contributed by atoms with E-state index in [1.165, 1.54) is 0 Å². The summed E-state index contributed by atoms with van der Waals surface area (Å²) in [4.78, 5) is 18.3. The van der Waals surface area contributed by atoms with E-state index < -0.39 is 6.17 Å². The fourth-order valence-corrected chi connectivity index (χ4v) is 5.05. The second kappa shape index (κ2) is 8.67. The number of hydrazone groups is 1. The highest BCUT2D eigenvalue weighted by molar-refractivity contribution is 8.13. The average Bonchev–Trinajstić information content (AvgIpc) is 2.83. The molecule has 1 atom stereocenters. The van der Waals surface area contributed by atoms with Crippen LogP contribution in [0.15, 0.2) is 70.8 Å². The first kappa shape index (κ1) is 20.6. The molecule has 2 aliphatic heterocycles. The van der Waals surface area contributed by atoms with E-state index in [2.05, 4.69) is 24.4 Å². The molecule has 0 spiro atoms. The van der Waals surface area contributed by atoms with E-state index in [4.69, 9.17) is 14.8 Å². The Morgan fingerprint density at radius 1 is 1.09 bits per heavy atom. The normalized spacial score (nSPS) is 17.2. The molecule has 0 aliphatic carbocycles. The molecule has 0 saturated carbocycles. The predicted octanol–water partition coefficient (Wildman–Crippen LogP) is 3.52. The highest BCUT2D eigenvalue weighted by Crippen LogP contribution is 2.39. The Balaban J connectivity index is 1.75. The van der Waals surface area contributed by atoms with Crippen LogP contribution in [-0.4, -0.2) is 28.9 Å². The first-order valence-corrected chi connectivity index (χ1v) is 11.7. The summed E-state index contributed by atoms with van der Waals surface area (Å²) in [5.41, 5.74) is 1.41. The van der Waals surface area contributed by atoms with Crippen LogP contribution in [0.1, 0.15) is 31.5 Å². The van der Waals surface area contributed by atoms with Gasteiger partial charge in [-0.1, -0.05) is 73.6 Å². The molecule has 0 aromatic heterocycles. The molecule has 2 heterocycles. The third-order valence-electron chi connectivity index (χ3n) is 5.66. The summed E-state index contributed by atoms with van der Waals surface area (Å²) in [5.74, 6) is 1.46. The molecule has 162 valence electrons. The Hall–Kier alpha value is -3.32. The number of methoxy groups -OCH3 is 1. The lowest BCUT2D eigenvalue weighted by Gasteiger charge is -2.35. The topological polar surface area (TPSA) is 66.3 Å². The van der Waals surface area contributed by atoms with Gasteiger partial charge < -0.3 is 4.74 Å². The molecule has 1 amide bonds. The first-order valence-electron chi connectivity index (χ1n) is 10.8. The highest BCUT2D eigenvalue weighted by atomic mass is 32.2. The van der Waals surface area contributed by atoms with E-state index in [0.717, 1.165) is 51.3 Å². The van der Waals surface area contributed by atoms with E-state index in [0.29, 0.717) is 10.9 Å². The Morgan fingerprint density at radius 3 is 2.75 bits per heavy atom. The van der Waals surface area contributed by atoms with Crippen molar-refractivity contribution in [2.24, 2.45) is 10.1 Å². The molecule has 0 fully saturated rings. The van der Waals surface area contributed by atoms with E-state index in [1.807, 2.05) is 48.5 Å². The quantitative estimate of drug-likeness (QED) is 0.612. The fourth-order valence-electron chi connectivity index (χ4n) is 4.11. The van der Waals surface area contributed by atoms with Crippen molar-refractivity contribution in [2.45, 2.75) is 25.9 Å². The zero-order chi connectivity index (χ0) is 22.1. The summed E-state index contributed by atoms with van der Waals surface area (Å²) in [5, 5.41) is 13.9. The summed E-state index contributed by atoms with van der Waals surface area (Å²) >= 11 is 1.56. The van der Waals surface area contributed by atoms with Crippen molar-refractivity contribution < 1.29 is 9.53 Å². The van der Waals surface area contributed by atoms with E-state index in [1.54, 1.807) is 23.9 Å². The summed E-state index contributed by atoms with van der Waals surface area (Å²) in [6.07, 6.45) is 1.63. The van der Waals surface area contributed by atoms with Gasteiger partial charge in [-0.15, -0.1) is 5.10 Å². The van der Waals surface area contributed by atoms with Crippen LogP contribution in [0.25, 0.3) is 16.5 Å². The maximum absolute atomic E-state index is 13.3. The number of nitrogens with zero attached hydrogens (tertiary/aromatic N) is 3. The Morgan fingerprint density at radius 2 is 1.91 bits per heavy atom. The number of carbonyl (C=O) groups excluding carboxylic acids is 1. The van der Waals surface area contributed by atoms with Gasteiger partial charge >= 0.3 is 0 Å². The van der Waals surface area contributed by atoms with Gasteiger partial charge in [-0.3, -0.25) is 15.1 Å². The Labute approximate surface area is 190 Å². The number of rotatable bonds is 5. The van der Waals surface area contributed by atoms with Crippen LogP contribution in [0.4, 0.5) is 0 Å². The van der Waals surface area contributed by atoms with Crippen molar-refractivity contribution in [2.75, 3.05) is 12.9 Å². The summed E-state index contributed by atoms with van der Waals surface area (Å²) in [6.45, 7) is 2.15. The Bertz CT molecular complexity index is 1350. The number of hydrogen-bond donors (Lipinski definition) is 1. The number of amidine groups is 1. The van der Waals surface area contributed by atoms with Gasteiger partial charge in [-0.2, -0.15) is 0 Å². The number of thioether (sulfide) groups is 1. The van der Waals surface area contributed by atoms with Crippen molar-refractivity contribution in [3.63, 3.8) is 0 Å². The SMILES string of the molecule is CCCCSC1=NN2C(=c3ccccc3=NC2c2c(OC)ccc3ccccc23)C(=O)N1. The second-order valence-corrected chi connectivity index (χ2v) is 8.76. The van der Waals surface area contributed by atoms with Crippen LogP contribution in [0, 0.1) is 0 Å². The zero-order valence-corrected chi connectivity index (χ0v) is 18.9. The molecule has 7 heteroatoms. The minimum absolute atomic E-state index is 0.162. The summed E-state index contributed by atoms with van der Waals surface area (Å²) in [7, 11) is 1.66. The van der Waals surface area contributed by atoms with Gasteiger partial charge in [-0.05, 0) is 29.3 Å². The number of para-hydroxylation sites is 1. The van der Waals surface area contributed by atoms with Crippen LogP contribution >= 0.6 is 11.8 Å². The van der Waals surface area contributed by atoms with Crippen molar-refractivity contribution in [1.29, 1.82) is 0 Å². The third-order valence-corrected chi connectivity index (χ3v) is 6.61. The molecule has 1 N–H and O–H groups in total. The fraction of sp³-hybridized carbons (Fsp3) is 0.240. The number of amides is 1. The molecular weight excluding hydrogens is 420 g/mol.